The van der Waals surface area contributed by atoms with Crippen molar-refractivity contribution >= 4 is 23.5 Å². The monoisotopic (exact) mass is 452 g/mol. The van der Waals surface area contributed by atoms with E-state index < -0.39 is 7.60 Å². The summed E-state index contributed by atoms with van der Waals surface area (Å²) in [6.07, 6.45) is 7.28. The van der Waals surface area contributed by atoms with E-state index in [2.05, 4.69) is 15.9 Å². The standard InChI is InChI=1S/C22H30BrO3P/c23-17-11-3-1-2-4-12-18-27(24,25-19-21-13-7-5-8-14-21)26-20-22-15-9-6-10-16-22/h5-10,13-16H,1-4,11-12,17-20H2. The summed E-state index contributed by atoms with van der Waals surface area (Å²) in [4.78, 5) is 0. The molecule has 0 aliphatic carbocycles. The number of rotatable bonds is 14. The van der Waals surface area contributed by atoms with E-state index in [4.69, 9.17) is 9.05 Å². The molecule has 0 spiro atoms. The van der Waals surface area contributed by atoms with Crippen molar-refractivity contribution in [3.8, 4) is 0 Å². The molecule has 0 fully saturated rings. The fourth-order valence-electron chi connectivity index (χ4n) is 2.77. The van der Waals surface area contributed by atoms with Crippen LogP contribution in [0.2, 0.25) is 0 Å². The van der Waals surface area contributed by atoms with Gasteiger partial charge in [0.1, 0.15) is 0 Å². The smallest absolute Gasteiger partial charge is 0.304 e. The van der Waals surface area contributed by atoms with Gasteiger partial charge in [0.05, 0.1) is 19.4 Å². The molecule has 0 bridgehead atoms. The van der Waals surface area contributed by atoms with Crippen molar-refractivity contribution in [1.29, 1.82) is 0 Å². The van der Waals surface area contributed by atoms with Crippen LogP contribution in [0.3, 0.4) is 0 Å². The molecule has 0 aliphatic rings. The van der Waals surface area contributed by atoms with Gasteiger partial charge in [-0.25, -0.2) is 0 Å². The van der Waals surface area contributed by atoms with Crippen molar-refractivity contribution in [2.45, 2.75) is 51.7 Å². The lowest BCUT2D eigenvalue weighted by atomic mass is 10.1. The summed E-state index contributed by atoms with van der Waals surface area (Å²) >= 11 is 3.46. The van der Waals surface area contributed by atoms with Gasteiger partial charge in [0.15, 0.2) is 0 Å². The second kappa shape index (κ2) is 13.3. The van der Waals surface area contributed by atoms with Crippen LogP contribution in [0.4, 0.5) is 0 Å². The van der Waals surface area contributed by atoms with E-state index in [1.165, 1.54) is 25.7 Å². The molecule has 0 unspecified atom stereocenters. The molecular weight excluding hydrogens is 423 g/mol. The number of halogens is 1. The first kappa shape index (κ1) is 22.4. The van der Waals surface area contributed by atoms with Crippen LogP contribution < -0.4 is 0 Å². The summed E-state index contributed by atoms with van der Waals surface area (Å²) in [7, 11) is -3.12. The number of hydrogen-bond acceptors (Lipinski definition) is 3. The highest BCUT2D eigenvalue weighted by atomic mass is 79.9. The Bertz CT molecular complexity index is 616. The fraction of sp³-hybridized carbons (Fsp3) is 0.455. The lowest BCUT2D eigenvalue weighted by Gasteiger charge is -2.19. The maximum atomic E-state index is 13.2. The van der Waals surface area contributed by atoms with E-state index >= 15 is 0 Å². The number of benzene rings is 2. The molecule has 2 rings (SSSR count). The molecule has 27 heavy (non-hydrogen) atoms. The zero-order valence-corrected chi connectivity index (χ0v) is 18.4. The van der Waals surface area contributed by atoms with Crippen molar-refractivity contribution in [2.75, 3.05) is 11.5 Å². The second-order valence-electron chi connectivity index (χ2n) is 6.66. The lowest BCUT2D eigenvalue weighted by Crippen LogP contribution is -2.02. The van der Waals surface area contributed by atoms with Crippen LogP contribution in [-0.4, -0.2) is 11.5 Å². The first-order valence-electron chi connectivity index (χ1n) is 9.74. The SMILES string of the molecule is O=P(CCCCCCCCBr)(OCc1ccccc1)OCc1ccccc1. The van der Waals surface area contributed by atoms with Crippen LogP contribution >= 0.6 is 23.5 Å². The molecule has 2 aromatic rings. The van der Waals surface area contributed by atoms with Gasteiger partial charge in [-0.3, -0.25) is 4.57 Å². The van der Waals surface area contributed by atoms with Crippen molar-refractivity contribution in [1.82, 2.24) is 0 Å². The Morgan fingerprint density at radius 3 is 1.59 bits per heavy atom. The largest absolute Gasteiger partial charge is 0.331 e. The van der Waals surface area contributed by atoms with Gasteiger partial charge in [0.2, 0.25) is 0 Å². The van der Waals surface area contributed by atoms with Crippen LogP contribution in [-0.2, 0) is 26.8 Å². The van der Waals surface area contributed by atoms with Gasteiger partial charge in [-0.2, -0.15) is 0 Å². The van der Waals surface area contributed by atoms with Crippen LogP contribution in [0.15, 0.2) is 60.7 Å². The van der Waals surface area contributed by atoms with Gasteiger partial charge < -0.3 is 9.05 Å². The lowest BCUT2D eigenvalue weighted by molar-refractivity contribution is 0.190. The molecule has 0 heterocycles. The average molecular weight is 453 g/mol. The van der Waals surface area contributed by atoms with Crippen LogP contribution in [0.1, 0.15) is 49.7 Å². The van der Waals surface area contributed by atoms with Crippen LogP contribution in [0.25, 0.3) is 0 Å². The molecule has 0 atom stereocenters. The quantitative estimate of drug-likeness (QED) is 0.170. The molecule has 2 aromatic carbocycles. The van der Waals surface area contributed by atoms with Gasteiger partial charge in [0, 0.05) is 5.33 Å². The fourth-order valence-corrected chi connectivity index (χ4v) is 4.80. The van der Waals surface area contributed by atoms with E-state index in [0.29, 0.717) is 19.4 Å². The summed E-state index contributed by atoms with van der Waals surface area (Å²) in [5.74, 6) is 0. The van der Waals surface area contributed by atoms with Gasteiger partial charge in [-0.15, -0.1) is 0 Å². The Hall–Kier alpha value is -0.930. The predicted octanol–water partition coefficient (Wildman–Crippen LogP) is 7.35. The van der Waals surface area contributed by atoms with E-state index in [9.17, 15) is 4.57 Å². The highest BCUT2D eigenvalue weighted by Gasteiger charge is 2.24. The molecule has 0 N–H and O–H groups in total. The van der Waals surface area contributed by atoms with Gasteiger partial charge in [-0.1, -0.05) is 102 Å². The third-order valence-electron chi connectivity index (χ3n) is 4.36. The topological polar surface area (TPSA) is 35.5 Å². The number of alkyl halides is 1. The van der Waals surface area contributed by atoms with Crippen LogP contribution in [0, 0.1) is 0 Å². The molecule has 0 saturated carbocycles. The molecule has 0 aliphatic heterocycles. The van der Waals surface area contributed by atoms with E-state index in [1.54, 1.807) is 0 Å². The van der Waals surface area contributed by atoms with E-state index in [1.807, 2.05) is 60.7 Å². The van der Waals surface area contributed by atoms with Crippen LogP contribution in [0.5, 0.6) is 0 Å². The maximum Gasteiger partial charge on any atom is 0.331 e. The Morgan fingerprint density at radius 2 is 1.11 bits per heavy atom. The summed E-state index contributed by atoms with van der Waals surface area (Å²) < 4.78 is 24.9. The Kier molecular flexibility index (Phi) is 11.0. The Morgan fingerprint density at radius 1 is 0.667 bits per heavy atom. The third-order valence-corrected chi connectivity index (χ3v) is 6.83. The molecule has 0 aromatic heterocycles. The summed E-state index contributed by atoms with van der Waals surface area (Å²) in [6, 6.07) is 19.7. The molecule has 148 valence electrons. The molecule has 5 heteroatoms. The van der Waals surface area contributed by atoms with Crippen molar-refractivity contribution < 1.29 is 13.6 Å². The minimum atomic E-state index is -3.12. The first-order valence-corrected chi connectivity index (χ1v) is 12.6. The molecule has 0 saturated heterocycles. The molecule has 3 nitrogen and oxygen atoms in total. The number of hydrogen-bond donors (Lipinski definition) is 0. The average Bonchev–Trinajstić information content (AvgIpc) is 2.72. The Balaban J connectivity index is 1.83. The summed E-state index contributed by atoms with van der Waals surface area (Å²) in [5.41, 5.74) is 2.02. The van der Waals surface area contributed by atoms with Crippen molar-refractivity contribution in [2.24, 2.45) is 0 Å². The molecule has 0 radical (unpaired) electrons. The van der Waals surface area contributed by atoms with Crippen molar-refractivity contribution in [3.63, 3.8) is 0 Å². The van der Waals surface area contributed by atoms with Crippen molar-refractivity contribution in [3.05, 3.63) is 71.8 Å². The van der Waals surface area contributed by atoms with E-state index in [-0.39, 0.29) is 0 Å². The van der Waals surface area contributed by atoms with Gasteiger partial charge >= 0.3 is 7.60 Å². The normalized spacial score (nSPS) is 11.6. The molecular formula is C22H30BrO3P. The van der Waals surface area contributed by atoms with Gasteiger partial charge in [0.25, 0.3) is 0 Å². The predicted molar refractivity (Wildman–Crippen MR) is 116 cm³/mol. The highest BCUT2D eigenvalue weighted by molar-refractivity contribution is 9.09. The summed E-state index contributed by atoms with van der Waals surface area (Å²) in [5, 5.41) is 1.07. The zero-order valence-electron chi connectivity index (χ0n) is 15.9. The first-order chi connectivity index (χ1) is 13.2. The minimum Gasteiger partial charge on any atom is -0.304 e. The molecule has 0 amide bonds. The highest BCUT2D eigenvalue weighted by Crippen LogP contribution is 2.50. The zero-order chi connectivity index (χ0) is 19.2. The maximum absolute atomic E-state index is 13.2. The number of unbranched alkanes of at least 4 members (excludes halogenated alkanes) is 5. The Labute approximate surface area is 172 Å². The second-order valence-corrected chi connectivity index (χ2v) is 9.64. The minimum absolute atomic E-state index is 0.318. The van der Waals surface area contributed by atoms with Gasteiger partial charge in [-0.05, 0) is 24.0 Å². The summed E-state index contributed by atoms with van der Waals surface area (Å²) in [6.45, 7) is 0.635. The van der Waals surface area contributed by atoms with E-state index in [0.717, 1.165) is 29.3 Å². The third kappa shape index (κ3) is 9.71.